The van der Waals surface area contributed by atoms with Crippen LogP contribution in [0.5, 0.6) is 0 Å². The van der Waals surface area contributed by atoms with E-state index in [-0.39, 0.29) is 81.5 Å². The van der Waals surface area contributed by atoms with E-state index in [4.69, 9.17) is 4.98 Å². The van der Waals surface area contributed by atoms with Crippen LogP contribution in [0.15, 0.2) is 36.4 Å². The van der Waals surface area contributed by atoms with Gasteiger partial charge in [0.1, 0.15) is 38.1 Å². The number of carbonyl (C=O) groups is 4. The molecule has 4 amide bonds. The van der Waals surface area contributed by atoms with Crippen LogP contribution >= 0.6 is 0 Å². The number of H-pyrrole nitrogens is 1. The molecule has 2 fully saturated rings. The summed E-state index contributed by atoms with van der Waals surface area (Å²) >= 11 is 0. The highest BCUT2D eigenvalue weighted by Crippen LogP contribution is 2.37. The normalized spacial score (nSPS) is 20.8. The number of nitrogens with zero attached hydrogens (tertiary/aromatic N) is 4. The number of nitrogens with one attached hydrogen (secondary N) is 5. The van der Waals surface area contributed by atoms with Gasteiger partial charge in [-0.15, -0.1) is 0 Å². The molecule has 57 heavy (non-hydrogen) atoms. The van der Waals surface area contributed by atoms with E-state index < -0.39 is 42.3 Å². The molecule has 2 aliphatic rings. The van der Waals surface area contributed by atoms with Gasteiger partial charge in [-0.05, 0) is 56.6 Å². The molecule has 17 heteroatoms. The molecular formula is C40H53BF3N9O4. The quantitative estimate of drug-likeness (QED) is 0.114. The molecular weight excluding hydrogens is 738 g/mol. The Balaban J connectivity index is 1.41. The second kappa shape index (κ2) is 17.7. The van der Waals surface area contributed by atoms with Gasteiger partial charge >= 0.3 is 0 Å². The summed E-state index contributed by atoms with van der Waals surface area (Å²) in [4.78, 5) is 64.5. The first-order valence-corrected chi connectivity index (χ1v) is 19.8. The van der Waals surface area contributed by atoms with Crippen LogP contribution in [0.3, 0.4) is 0 Å². The third-order valence-corrected chi connectivity index (χ3v) is 11.1. The van der Waals surface area contributed by atoms with Crippen LogP contribution < -0.4 is 26.7 Å². The highest BCUT2D eigenvalue weighted by atomic mass is 19.1. The summed E-state index contributed by atoms with van der Waals surface area (Å²) in [7, 11) is 5.22. The largest absolute Gasteiger partial charge is 0.352 e. The SMILES string of the molecule is Bc1ccc2c(CC3CC(F)CN3C(=O)C(NC(=O)CNC)C(C)C)c(-c3nc4cc(F)ccc4n3CC3CC(F)CN3C(=O)C(CC)NC(=O)CNC)[nH]c2c1. The van der Waals surface area contributed by atoms with E-state index >= 15 is 8.78 Å². The molecule has 2 aromatic carbocycles. The minimum atomic E-state index is -1.30. The summed E-state index contributed by atoms with van der Waals surface area (Å²) in [5.41, 5.74) is 4.01. The van der Waals surface area contributed by atoms with Crippen LogP contribution in [0.25, 0.3) is 33.5 Å². The Hall–Kier alpha value is -4.90. The summed E-state index contributed by atoms with van der Waals surface area (Å²) in [5, 5.41) is 12.0. The van der Waals surface area contributed by atoms with Crippen LogP contribution in [0.4, 0.5) is 13.2 Å². The fraction of sp³-hybridized carbons (Fsp3) is 0.525. The Bertz CT molecular complexity index is 2130. The molecule has 6 atom stereocenters. The zero-order chi connectivity index (χ0) is 41.1. The number of likely N-dealkylation sites (tertiary alicyclic amines) is 2. The molecule has 2 aromatic heterocycles. The van der Waals surface area contributed by atoms with Gasteiger partial charge in [-0.3, -0.25) is 19.2 Å². The summed E-state index contributed by atoms with van der Waals surface area (Å²) < 4.78 is 47.3. The van der Waals surface area contributed by atoms with Gasteiger partial charge in [0.2, 0.25) is 23.6 Å². The fourth-order valence-electron chi connectivity index (χ4n) is 8.34. The molecule has 2 saturated heterocycles. The molecule has 6 unspecified atom stereocenters. The topological polar surface area (TPSA) is 156 Å². The molecule has 2 aliphatic heterocycles. The Morgan fingerprint density at radius 1 is 0.912 bits per heavy atom. The summed E-state index contributed by atoms with van der Waals surface area (Å²) in [6.07, 6.45) is -1.90. The lowest BCUT2D eigenvalue weighted by Crippen LogP contribution is -2.54. The predicted octanol–water partition coefficient (Wildman–Crippen LogP) is 1.48. The second-order valence-electron chi connectivity index (χ2n) is 15.7. The van der Waals surface area contributed by atoms with E-state index in [0.29, 0.717) is 29.0 Å². The number of amides is 4. The average molecular weight is 792 g/mol. The number of halogens is 3. The number of imidazole rings is 1. The second-order valence-corrected chi connectivity index (χ2v) is 15.7. The van der Waals surface area contributed by atoms with E-state index in [1.807, 2.05) is 44.5 Å². The van der Waals surface area contributed by atoms with Crippen LogP contribution in [0.1, 0.15) is 45.6 Å². The van der Waals surface area contributed by atoms with Gasteiger partial charge in [-0.1, -0.05) is 38.4 Å². The van der Waals surface area contributed by atoms with Crippen LogP contribution in [0, 0.1) is 11.7 Å². The molecule has 6 rings (SSSR count). The number of hydrogen-bond donors (Lipinski definition) is 5. The monoisotopic (exact) mass is 791 g/mol. The lowest BCUT2D eigenvalue weighted by Gasteiger charge is -2.31. The van der Waals surface area contributed by atoms with E-state index in [9.17, 15) is 23.6 Å². The fourth-order valence-corrected chi connectivity index (χ4v) is 8.34. The van der Waals surface area contributed by atoms with Crippen molar-refractivity contribution in [2.45, 2.75) is 89.5 Å². The molecule has 0 radical (unpaired) electrons. The molecule has 5 N–H and O–H groups in total. The third kappa shape index (κ3) is 8.99. The van der Waals surface area contributed by atoms with Crippen molar-refractivity contribution in [1.82, 2.24) is 45.6 Å². The van der Waals surface area contributed by atoms with Gasteiger partial charge in [0.25, 0.3) is 0 Å². The molecule has 0 saturated carbocycles. The van der Waals surface area contributed by atoms with Crippen molar-refractivity contribution in [3.8, 4) is 11.5 Å². The first-order valence-electron chi connectivity index (χ1n) is 19.8. The number of hydrogen-bond acceptors (Lipinski definition) is 7. The number of aromatic nitrogens is 3. The van der Waals surface area contributed by atoms with Gasteiger partial charge < -0.3 is 40.6 Å². The standard InChI is InChI=1S/C40H53BF3N9O4/c1-6-30(47-34(54)16-45-4)39(56)52-19-25(44)13-27(52)20-53-33-10-8-23(42)14-32(33)49-38(53)37-29(28-9-7-22(41)11-31(28)48-37)15-26-12-24(43)18-51(26)40(57)36(21(2)3)50-35(55)17-46-5/h7-11,14,21,24-27,30,36,45-46,48H,6,12-13,15-20,41H2,1-5H3,(H,47,54)(H,50,55). The Morgan fingerprint density at radius 2 is 1.56 bits per heavy atom. The van der Waals surface area contributed by atoms with Crippen molar-refractivity contribution in [1.29, 1.82) is 0 Å². The minimum absolute atomic E-state index is 0.0244. The zero-order valence-electron chi connectivity index (χ0n) is 33.4. The van der Waals surface area contributed by atoms with E-state index in [0.717, 1.165) is 21.9 Å². The first kappa shape index (κ1) is 41.7. The average Bonchev–Trinajstić information content (AvgIpc) is 3.91. The zero-order valence-corrected chi connectivity index (χ0v) is 33.4. The Morgan fingerprint density at radius 3 is 2.21 bits per heavy atom. The first-order chi connectivity index (χ1) is 27.2. The van der Waals surface area contributed by atoms with Gasteiger partial charge in [0.05, 0.1) is 48.9 Å². The number of aromatic amines is 1. The van der Waals surface area contributed by atoms with Gasteiger partial charge in [-0.25, -0.2) is 18.2 Å². The number of alkyl halides is 2. The van der Waals surface area contributed by atoms with Gasteiger partial charge in [0, 0.05) is 42.4 Å². The highest BCUT2D eigenvalue weighted by molar-refractivity contribution is 6.33. The van der Waals surface area contributed by atoms with Gasteiger partial charge in [-0.2, -0.15) is 0 Å². The minimum Gasteiger partial charge on any atom is -0.352 e. The maximum Gasteiger partial charge on any atom is 0.245 e. The number of benzene rings is 2. The molecule has 0 spiro atoms. The van der Waals surface area contributed by atoms with Crippen molar-refractivity contribution in [2.24, 2.45) is 5.92 Å². The maximum absolute atomic E-state index is 15.4. The number of likely N-dealkylation sites (N-methyl/N-ethyl adjacent to an activating group) is 2. The van der Waals surface area contributed by atoms with E-state index in [1.54, 1.807) is 27.1 Å². The van der Waals surface area contributed by atoms with Crippen LogP contribution in [0.2, 0.25) is 0 Å². The van der Waals surface area contributed by atoms with Crippen LogP contribution in [-0.2, 0) is 32.1 Å². The Kier molecular flexibility index (Phi) is 13.0. The lowest BCUT2D eigenvalue weighted by molar-refractivity contribution is -0.138. The van der Waals surface area contributed by atoms with Crippen molar-refractivity contribution >= 4 is 58.9 Å². The number of fused-ring (bicyclic) bond motifs is 2. The lowest BCUT2D eigenvalue weighted by atomic mass is 9.93. The molecule has 0 aliphatic carbocycles. The maximum atomic E-state index is 15.4. The highest BCUT2D eigenvalue weighted by Gasteiger charge is 2.42. The van der Waals surface area contributed by atoms with Crippen LogP contribution in [-0.4, -0.2) is 133 Å². The molecule has 4 heterocycles. The molecule has 306 valence electrons. The van der Waals surface area contributed by atoms with Crippen molar-refractivity contribution in [3.63, 3.8) is 0 Å². The van der Waals surface area contributed by atoms with Crippen molar-refractivity contribution in [2.75, 3.05) is 40.3 Å². The summed E-state index contributed by atoms with van der Waals surface area (Å²) in [5.74, 6) is -1.78. The molecule has 4 aromatic rings. The number of rotatable bonds is 15. The molecule has 13 nitrogen and oxygen atoms in total. The van der Waals surface area contributed by atoms with Crippen molar-refractivity contribution in [3.05, 3.63) is 47.8 Å². The van der Waals surface area contributed by atoms with E-state index in [2.05, 4.69) is 26.3 Å². The summed E-state index contributed by atoms with van der Waals surface area (Å²) in [6, 6.07) is 7.26. The third-order valence-electron chi connectivity index (χ3n) is 11.1. The number of carbonyl (C=O) groups excluding carboxylic acids is 4. The predicted molar refractivity (Wildman–Crippen MR) is 216 cm³/mol. The van der Waals surface area contributed by atoms with Gasteiger partial charge in [0.15, 0.2) is 5.82 Å². The summed E-state index contributed by atoms with van der Waals surface area (Å²) in [6.45, 7) is 5.35. The smallest absolute Gasteiger partial charge is 0.245 e. The Labute approximate surface area is 331 Å². The van der Waals surface area contributed by atoms with Crippen molar-refractivity contribution < 1.29 is 32.3 Å². The van der Waals surface area contributed by atoms with E-state index in [1.165, 1.54) is 21.9 Å². The molecule has 0 bridgehead atoms.